The molecule has 0 aromatic rings. The number of carbonyl (C=O) groups is 2. The van der Waals surface area contributed by atoms with E-state index in [1.807, 2.05) is 0 Å². The van der Waals surface area contributed by atoms with Crippen molar-refractivity contribution < 1.29 is 22.7 Å². The Kier molecular flexibility index (Phi) is 15.5. The Morgan fingerprint density at radius 2 is 1.53 bits per heavy atom. The van der Waals surface area contributed by atoms with E-state index in [2.05, 4.69) is 27.4 Å². The Balaban J connectivity index is -0.0000000830. The topological polar surface area (TPSA) is 74.6 Å². The van der Waals surface area contributed by atoms with E-state index in [0.29, 0.717) is 11.8 Å². The van der Waals surface area contributed by atoms with Crippen molar-refractivity contribution in [1.29, 1.82) is 0 Å². The fraction of sp³-hybridized carbons (Fsp3) is 0.714. The van der Waals surface area contributed by atoms with Gasteiger partial charge in [-0.1, -0.05) is 40.2 Å². The van der Waals surface area contributed by atoms with Crippen molar-refractivity contribution in [3.8, 4) is 0 Å². The number of aliphatic carboxylic acids is 2. The second kappa shape index (κ2) is 12.5. The number of rotatable bonds is 6. The van der Waals surface area contributed by atoms with Gasteiger partial charge >= 0.3 is 35.0 Å². The van der Waals surface area contributed by atoms with Gasteiger partial charge in [0.25, 0.3) is 0 Å². The summed E-state index contributed by atoms with van der Waals surface area (Å²) in [5.41, 5.74) is 0.568. The maximum atomic E-state index is 10.2. The largest absolute Gasteiger partial charge is 2.00 e. The first-order valence-corrected chi connectivity index (χ1v) is 6.17. The molecular weight excluding hydrogens is 256 g/mol. The molecule has 0 saturated heterocycles. The Morgan fingerprint density at radius 3 is 1.79 bits per heavy atom. The summed E-state index contributed by atoms with van der Waals surface area (Å²) in [7, 11) is 0. The van der Waals surface area contributed by atoms with Crippen LogP contribution < -0.4 is 0 Å². The quantitative estimate of drug-likeness (QED) is 0.444. The van der Waals surface area contributed by atoms with E-state index in [-0.39, 0.29) is 31.5 Å². The molecule has 110 valence electrons. The predicted octanol–water partition coefficient (Wildman–Crippen LogP) is 3.56. The molecule has 0 heterocycles. The van der Waals surface area contributed by atoms with Crippen LogP contribution in [-0.4, -0.2) is 45.2 Å². The molecule has 0 aliphatic rings. The Labute approximate surface area is 135 Å². The van der Waals surface area contributed by atoms with Crippen molar-refractivity contribution in [2.45, 2.75) is 59.8 Å². The monoisotopic (exact) mass is 284 g/mol. The molecule has 0 atom stereocenters. The van der Waals surface area contributed by atoms with E-state index in [1.165, 1.54) is 13.3 Å². The maximum Gasteiger partial charge on any atom is 2.00 e. The molecule has 0 fully saturated rings. The van der Waals surface area contributed by atoms with E-state index < -0.39 is 11.9 Å². The summed E-state index contributed by atoms with van der Waals surface area (Å²) in [6.07, 6.45) is 4.53. The van der Waals surface area contributed by atoms with E-state index in [0.717, 1.165) is 19.3 Å². The van der Waals surface area contributed by atoms with Crippen LogP contribution in [0.25, 0.3) is 0 Å². The van der Waals surface area contributed by atoms with Crippen molar-refractivity contribution in [2.75, 3.05) is 0 Å². The zero-order valence-electron chi connectivity index (χ0n) is 14.7. The Bertz CT molecular complexity index is 277. The smallest absolute Gasteiger partial charge is 1.00 e. The average Bonchev–Trinajstić information content (AvgIpc) is 2.15. The van der Waals surface area contributed by atoms with E-state index in [4.69, 9.17) is 10.2 Å². The Hall–Kier alpha value is -0.554. The molecule has 0 aromatic carbocycles. The summed E-state index contributed by atoms with van der Waals surface area (Å²) in [4.78, 5) is 19.8. The molecule has 0 radical (unpaired) electrons. The van der Waals surface area contributed by atoms with Gasteiger partial charge in [-0.25, -0.2) is 4.79 Å². The second-order valence-corrected chi connectivity index (χ2v) is 5.60. The third-order valence-electron chi connectivity index (χ3n) is 2.18. The molecular formula is C14H28MgO4. The second-order valence-electron chi connectivity index (χ2n) is 5.60. The molecule has 0 rings (SSSR count). The molecule has 0 aliphatic heterocycles. The summed E-state index contributed by atoms with van der Waals surface area (Å²) >= 11 is 0. The van der Waals surface area contributed by atoms with Crippen LogP contribution in [0, 0.1) is 5.41 Å². The number of unbranched alkanes of at least 4 members (excludes halogenated alkanes) is 2. The molecule has 0 amide bonds. The summed E-state index contributed by atoms with van der Waals surface area (Å²) < 4.78 is 0. The minimum absolute atomic E-state index is 0. The van der Waals surface area contributed by atoms with Crippen LogP contribution in [0.3, 0.4) is 0 Å². The zero-order valence-corrected chi connectivity index (χ0v) is 14.1. The van der Waals surface area contributed by atoms with Crippen molar-refractivity contribution in [2.24, 2.45) is 5.41 Å². The summed E-state index contributed by atoms with van der Waals surface area (Å²) in [6.45, 7) is 11.2. The standard InChI is InChI=1S/C10H20O2.C4H6O2.Mg.2H/c1-10(2,3)8-6-4-5-7-9(11)12;1-3(2)4(5)6;;;/h4-8H2,1-3H3,(H,11,12);1H2,2H3,(H,5,6);;;/q;;+2;2*-1. The molecule has 4 nitrogen and oxygen atoms in total. The fourth-order valence-corrected chi connectivity index (χ4v) is 1.11. The van der Waals surface area contributed by atoms with Crippen LogP contribution in [0.4, 0.5) is 0 Å². The number of hydrogen-bond donors (Lipinski definition) is 2. The first-order valence-electron chi connectivity index (χ1n) is 6.17. The molecule has 0 aliphatic carbocycles. The van der Waals surface area contributed by atoms with Gasteiger partial charge in [-0.3, -0.25) is 4.79 Å². The molecule has 19 heavy (non-hydrogen) atoms. The predicted molar refractivity (Wildman–Crippen MR) is 80.6 cm³/mol. The van der Waals surface area contributed by atoms with Crippen LogP contribution in [0.1, 0.15) is 62.7 Å². The summed E-state index contributed by atoms with van der Waals surface area (Å²) in [5.74, 6) is -1.61. The van der Waals surface area contributed by atoms with Gasteiger partial charge < -0.3 is 13.1 Å². The molecule has 0 bridgehead atoms. The molecule has 2 N–H and O–H groups in total. The van der Waals surface area contributed by atoms with Crippen LogP contribution >= 0.6 is 0 Å². The van der Waals surface area contributed by atoms with Crippen molar-refractivity contribution in [1.82, 2.24) is 0 Å². The molecule has 0 aromatic heterocycles. The number of carboxylic acids is 2. The van der Waals surface area contributed by atoms with Crippen LogP contribution in [0.5, 0.6) is 0 Å². The molecule has 0 unspecified atom stereocenters. The van der Waals surface area contributed by atoms with E-state index in [1.54, 1.807) is 0 Å². The van der Waals surface area contributed by atoms with Crippen LogP contribution in [0.2, 0.25) is 0 Å². The molecule has 0 spiro atoms. The van der Waals surface area contributed by atoms with E-state index >= 15 is 0 Å². The average molecular weight is 285 g/mol. The molecule has 0 saturated carbocycles. The van der Waals surface area contributed by atoms with Gasteiger partial charge in [0.15, 0.2) is 0 Å². The van der Waals surface area contributed by atoms with Crippen LogP contribution in [-0.2, 0) is 9.59 Å². The first-order chi connectivity index (χ1) is 8.06. The van der Waals surface area contributed by atoms with Crippen molar-refractivity contribution >= 4 is 35.0 Å². The number of carboxylic acid groups (broad SMARTS) is 2. The summed E-state index contributed by atoms with van der Waals surface area (Å²) in [5, 5.41) is 16.3. The maximum absolute atomic E-state index is 10.2. The minimum atomic E-state index is -0.935. The third-order valence-corrected chi connectivity index (χ3v) is 2.18. The third kappa shape index (κ3) is 26.9. The molecule has 5 heteroatoms. The van der Waals surface area contributed by atoms with Gasteiger partial charge in [0, 0.05) is 12.0 Å². The van der Waals surface area contributed by atoms with Gasteiger partial charge in [-0.2, -0.15) is 0 Å². The summed E-state index contributed by atoms with van der Waals surface area (Å²) in [6, 6.07) is 0. The van der Waals surface area contributed by atoms with Gasteiger partial charge in [-0.05, 0) is 25.2 Å². The van der Waals surface area contributed by atoms with Crippen molar-refractivity contribution in [3.63, 3.8) is 0 Å². The van der Waals surface area contributed by atoms with E-state index in [9.17, 15) is 9.59 Å². The Morgan fingerprint density at radius 1 is 1.11 bits per heavy atom. The normalized spacial score (nSPS) is 9.68. The van der Waals surface area contributed by atoms with Crippen molar-refractivity contribution in [3.05, 3.63) is 12.2 Å². The van der Waals surface area contributed by atoms with Gasteiger partial charge in [0.2, 0.25) is 0 Å². The van der Waals surface area contributed by atoms with Gasteiger partial charge in [0.05, 0.1) is 0 Å². The van der Waals surface area contributed by atoms with Gasteiger partial charge in [-0.15, -0.1) is 0 Å². The minimum Gasteiger partial charge on any atom is -1.00 e. The number of hydrogen-bond acceptors (Lipinski definition) is 2. The fourth-order valence-electron chi connectivity index (χ4n) is 1.11. The van der Waals surface area contributed by atoms with Crippen LogP contribution in [0.15, 0.2) is 12.2 Å². The first kappa shape index (κ1) is 23.5. The van der Waals surface area contributed by atoms with Gasteiger partial charge in [0.1, 0.15) is 0 Å². The zero-order chi connectivity index (χ0) is 14.8. The SMILES string of the molecule is C=C(C)C(=O)O.CC(C)(C)CCCCCC(=O)O.[H-].[H-].[Mg+2].